The second-order valence-electron chi connectivity index (χ2n) is 7.30. The van der Waals surface area contributed by atoms with Crippen LogP contribution in [0.25, 0.3) is 0 Å². The number of aryl methyl sites for hydroxylation is 1. The lowest BCUT2D eigenvalue weighted by Gasteiger charge is -2.32. The summed E-state index contributed by atoms with van der Waals surface area (Å²) < 4.78 is 5.42. The Balaban J connectivity index is 2.03. The van der Waals surface area contributed by atoms with E-state index in [1.165, 1.54) is 4.90 Å². The van der Waals surface area contributed by atoms with Crippen LogP contribution in [-0.2, 0) is 25.5 Å². The molecule has 1 unspecified atom stereocenters. The molecule has 0 aromatic heterocycles. The minimum atomic E-state index is -1.05. The number of aliphatic carboxylic acids is 2. The summed E-state index contributed by atoms with van der Waals surface area (Å²) in [7, 11) is 0. The summed E-state index contributed by atoms with van der Waals surface area (Å²) in [5, 5.41) is 22.0. The van der Waals surface area contributed by atoms with Crippen molar-refractivity contribution in [2.24, 2.45) is 0 Å². The molecule has 0 aliphatic carbocycles. The van der Waals surface area contributed by atoms with E-state index in [1.807, 2.05) is 30.3 Å². The zero-order valence-corrected chi connectivity index (χ0v) is 16.8. The molecular formula is C21H30N2O6. The number of nitrogens with one attached hydrogen (secondary N) is 1. The van der Waals surface area contributed by atoms with E-state index in [2.05, 4.69) is 5.32 Å². The van der Waals surface area contributed by atoms with E-state index in [-0.39, 0.29) is 6.54 Å². The van der Waals surface area contributed by atoms with Crippen molar-refractivity contribution < 1.29 is 29.3 Å². The Kier molecular flexibility index (Phi) is 9.08. The molecule has 1 aliphatic rings. The summed E-state index contributed by atoms with van der Waals surface area (Å²) in [5.41, 5.74) is 1.02. The van der Waals surface area contributed by atoms with Crippen LogP contribution in [0.1, 0.15) is 38.2 Å². The van der Waals surface area contributed by atoms with Crippen molar-refractivity contribution in [3.05, 3.63) is 35.9 Å². The first-order chi connectivity index (χ1) is 13.9. The van der Waals surface area contributed by atoms with Crippen LogP contribution in [-0.4, -0.2) is 70.8 Å². The number of hydrogen-bond donors (Lipinski definition) is 3. The number of nitrogens with zero attached hydrogens (tertiary/aromatic N) is 1. The molecule has 160 valence electrons. The van der Waals surface area contributed by atoms with Gasteiger partial charge in [0, 0.05) is 19.8 Å². The van der Waals surface area contributed by atoms with Gasteiger partial charge in [-0.2, -0.15) is 0 Å². The third kappa shape index (κ3) is 7.14. The molecule has 0 saturated carbocycles. The maximum atomic E-state index is 13.0. The van der Waals surface area contributed by atoms with Crippen LogP contribution in [0.15, 0.2) is 30.3 Å². The van der Waals surface area contributed by atoms with Gasteiger partial charge < -0.3 is 19.8 Å². The van der Waals surface area contributed by atoms with Gasteiger partial charge in [0.2, 0.25) is 5.91 Å². The van der Waals surface area contributed by atoms with Crippen LogP contribution < -0.4 is 5.32 Å². The smallest absolute Gasteiger partial charge is 0.326 e. The molecule has 29 heavy (non-hydrogen) atoms. The Morgan fingerprint density at radius 2 is 1.86 bits per heavy atom. The first kappa shape index (κ1) is 22.8. The molecule has 1 aromatic rings. The van der Waals surface area contributed by atoms with Gasteiger partial charge in [0.25, 0.3) is 0 Å². The molecule has 0 bridgehead atoms. The first-order valence-corrected chi connectivity index (χ1v) is 10.0. The number of rotatable bonds is 8. The van der Waals surface area contributed by atoms with E-state index in [1.54, 1.807) is 6.92 Å². The molecule has 3 N–H and O–H groups in total. The molecule has 8 heteroatoms. The summed E-state index contributed by atoms with van der Waals surface area (Å²) >= 11 is 0. The molecule has 1 aliphatic heterocycles. The van der Waals surface area contributed by atoms with Crippen LogP contribution in [0.4, 0.5) is 0 Å². The maximum Gasteiger partial charge on any atom is 0.326 e. The van der Waals surface area contributed by atoms with E-state index in [0.29, 0.717) is 45.3 Å². The van der Waals surface area contributed by atoms with Gasteiger partial charge in [0.15, 0.2) is 0 Å². The van der Waals surface area contributed by atoms with E-state index in [0.717, 1.165) is 5.56 Å². The standard InChI is InChI=1S/C21H30N2O6/c1-15(22-17(20(25)26)11-10-16-7-3-2-4-8-16)19(24)23-12-6-14-29-13-5-9-18(23)21(27)28/h2-4,7-8,15,17-18,22H,5-6,9-14H2,1H3,(H,25,26)(H,27,28)/t15-,17?,18-/m0/s1. The number of carbonyl (C=O) groups is 3. The van der Waals surface area contributed by atoms with E-state index in [9.17, 15) is 24.6 Å². The van der Waals surface area contributed by atoms with Gasteiger partial charge in [-0.1, -0.05) is 30.3 Å². The number of carboxylic acids is 2. The molecule has 0 radical (unpaired) electrons. The number of benzene rings is 1. The van der Waals surface area contributed by atoms with E-state index < -0.39 is 36.0 Å². The summed E-state index contributed by atoms with van der Waals surface area (Å²) in [5.74, 6) is -2.48. The highest BCUT2D eigenvalue weighted by Crippen LogP contribution is 2.14. The predicted octanol–water partition coefficient (Wildman–Crippen LogP) is 1.53. The average molecular weight is 406 g/mol. The first-order valence-electron chi connectivity index (χ1n) is 10.0. The summed E-state index contributed by atoms with van der Waals surface area (Å²) in [4.78, 5) is 37.7. The van der Waals surface area contributed by atoms with Crippen molar-refractivity contribution in [1.82, 2.24) is 10.2 Å². The summed E-state index contributed by atoms with van der Waals surface area (Å²) in [6.07, 6.45) is 2.29. The highest BCUT2D eigenvalue weighted by molar-refractivity contribution is 5.87. The maximum absolute atomic E-state index is 13.0. The number of hydrogen-bond acceptors (Lipinski definition) is 5. The van der Waals surface area contributed by atoms with Gasteiger partial charge in [-0.3, -0.25) is 14.9 Å². The van der Waals surface area contributed by atoms with Crippen molar-refractivity contribution in [3.63, 3.8) is 0 Å². The van der Waals surface area contributed by atoms with Gasteiger partial charge in [-0.15, -0.1) is 0 Å². The highest BCUT2D eigenvalue weighted by Gasteiger charge is 2.33. The van der Waals surface area contributed by atoms with Crippen LogP contribution >= 0.6 is 0 Å². The Morgan fingerprint density at radius 3 is 2.52 bits per heavy atom. The molecule has 0 spiro atoms. The zero-order valence-electron chi connectivity index (χ0n) is 16.8. The quantitative estimate of drug-likeness (QED) is 0.599. The van der Waals surface area contributed by atoms with Gasteiger partial charge in [-0.25, -0.2) is 4.79 Å². The lowest BCUT2D eigenvalue weighted by molar-refractivity contribution is -0.152. The van der Waals surface area contributed by atoms with Crippen molar-refractivity contribution in [1.29, 1.82) is 0 Å². The summed E-state index contributed by atoms with van der Waals surface area (Å²) in [6, 6.07) is 6.89. The molecule has 1 heterocycles. The Bertz CT molecular complexity index is 681. The van der Waals surface area contributed by atoms with Crippen LogP contribution in [0.3, 0.4) is 0 Å². The Hall–Kier alpha value is -2.45. The third-order valence-electron chi connectivity index (χ3n) is 5.08. The highest BCUT2D eigenvalue weighted by atomic mass is 16.5. The van der Waals surface area contributed by atoms with Gasteiger partial charge in [0.1, 0.15) is 12.1 Å². The predicted molar refractivity (Wildman–Crippen MR) is 107 cm³/mol. The largest absolute Gasteiger partial charge is 0.480 e. The fraction of sp³-hybridized carbons (Fsp3) is 0.571. The van der Waals surface area contributed by atoms with E-state index >= 15 is 0 Å². The van der Waals surface area contributed by atoms with Crippen molar-refractivity contribution in [3.8, 4) is 0 Å². The topological polar surface area (TPSA) is 116 Å². The number of carbonyl (C=O) groups excluding carboxylic acids is 1. The van der Waals surface area contributed by atoms with Crippen molar-refractivity contribution >= 4 is 17.8 Å². The molecule has 1 fully saturated rings. The van der Waals surface area contributed by atoms with Crippen LogP contribution in [0.5, 0.6) is 0 Å². The number of amides is 1. The molecule has 1 aromatic carbocycles. The summed E-state index contributed by atoms with van der Waals surface area (Å²) in [6.45, 7) is 2.79. The molecule has 1 amide bonds. The minimum absolute atomic E-state index is 0.267. The van der Waals surface area contributed by atoms with Crippen molar-refractivity contribution in [2.45, 2.75) is 57.2 Å². The van der Waals surface area contributed by atoms with Gasteiger partial charge >= 0.3 is 11.9 Å². The second kappa shape index (κ2) is 11.5. The normalized spacial score (nSPS) is 20.0. The lowest BCUT2D eigenvalue weighted by Crippen LogP contribution is -2.55. The number of ether oxygens (including phenoxy) is 1. The van der Waals surface area contributed by atoms with Gasteiger partial charge in [0.05, 0.1) is 6.04 Å². The second-order valence-corrected chi connectivity index (χ2v) is 7.30. The van der Waals surface area contributed by atoms with Crippen LogP contribution in [0, 0.1) is 0 Å². The van der Waals surface area contributed by atoms with Crippen molar-refractivity contribution in [2.75, 3.05) is 19.8 Å². The zero-order chi connectivity index (χ0) is 21.2. The molecule has 2 rings (SSSR count). The average Bonchev–Trinajstić information content (AvgIpc) is 2.82. The Labute approximate surface area is 170 Å². The van der Waals surface area contributed by atoms with E-state index in [4.69, 9.17) is 4.74 Å². The lowest BCUT2D eigenvalue weighted by atomic mass is 10.0. The Morgan fingerprint density at radius 1 is 1.17 bits per heavy atom. The minimum Gasteiger partial charge on any atom is -0.480 e. The fourth-order valence-corrected chi connectivity index (χ4v) is 3.51. The SMILES string of the molecule is C[C@H](NC(CCc1ccccc1)C(=O)O)C(=O)N1CCCOCCC[C@H]1C(=O)O. The number of carboxylic acid groups (broad SMARTS) is 2. The monoisotopic (exact) mass is 406 g/mol. The molecular weight excluding hydrogens is 376 g/mol. The molecule has 8 nitrogen and oxygen atoms in total. The van der Waals surface area contributed by atoms with Gasteiger partial charge in [-0.05, 0) is 44.6 Å². The molecule has 3 atom stereocenters. The van der Waals surface area contributed by atoms with Crippen LogP contribution in [0.2, 0.25) is 0 Å². The molecule has 1 saturated heterocycles. The third-order valence-corrected chi connectivity index (χ3v) is 5.08. The fourth-order valence-electron chi connectivity index (χ4n) is 3.51.